The number of nitrogens with zero attached hydrogens (tertiary/aromatic N) is 3. The van der Waals surface area contributed by atoms with Crippen molar-refractivity contribution in [3.8, 4) is 0 Å². The fourth-order valence-electron chi connectivity index (χ4n) is 8.73. The van der Waals surface area contributed by atoms with Crippen molar-refractivity contribution in [2.24, 2.45) is 24.4 Å². The summed E-state index contributed by atoms with van der Waals surface area (Å²) in [6.45, 7) is 3.03. The lowest BCUT2D eigenvalue weighted by Gasteiger charge is -2.29. The number of Topliss-reactive ketones (excluding diaryl/α,β-unsaturated/α-hetero) is 1. The van der Waals surface area contributed by atoms with Gasteiger partial charge in [0.1, 0.15) is 6.04 Å². The summed E-state index contributed by atoms with van der Waals surface area (Å²) in [5.41, 5.74) is 18.6. The van der Waals surface area contributed by atoms with E-state index >= 15 is 0 Å². The van der Waals surface area contributed by atoms with Crippen LogP contribution in [0.1, 0.15) is 85.7 Å². The lowest BCUT2D eigenvalue weighted by atomic mass is 9.89. The van der Waals surface area contributed by atoms with Crippen molar-refractivity contribution in [1.82, 2.24) is 14.5 Å². The number of para-hydroxylation sites is 2. The van der Waals surface area contributed by atoms with Gasteiger partial charge in [-0.05, 0) is 79.7 Å². The van der Waals surface area contributed by atoms with Crippen LogP contribution >= 0.6 is 0 Å². The van der Waals surface area contributed by atoms with E-state index in [9.17, 15) is 28.8 Å². The van der Waals surface area contributed by atoms with Crippen molar-refractivity contribution in [3.05, 3.63) is 99.0 Å². The van der Waals surface area contributed by atoms with Crippen LogP contribution in [-0.4, -0.2) is 63.3 Å². The van der Waals surface area contributed by atoms with Crippen LogP contribution in [0.3, 0.4) is 0 Å². The van der Waals surface area contributed by atoms with E-state index < -0.39 is 29.9 Å². The normalized spacial score (nSPS) is 20.2. The monoisotopic (exact) mass is 792 g/mol. The second-order valence-electron chi connectivity index (χ2n) is 15.9. The number of aromatic nitrogens is 2. The van der Waals surface area contributed by atoms with E-state index in [-0.39, 0.29) is 61.0 Å². The van der Waals surface area contributed by atoms with Crippen molar-refractivity contribution in [3.63, 3.8) is 0 Å². The summed E-state index contributed by atoms with van der Waals surface area (Å²) in [6, 6.07) is 17.6. The van der Waals surface area contributed by atoms with Gasteiger partial charge in [0.15, 0.2) is 5.78 Å². The summed E-state index contributed by atoms with van der Waals surface area (Å²) in [5.74, 6) is -1.81. The lowest BCUT2D eigenvalue weighted by Crippen LogP contribution is -2.50. The van der Waals surface area contributed by atoms with E-state index in [1.807, 2.05) is 55.5 Å². The molecule has 1 aromatic heterocycles. The zero-order valence-electron chi connectivity index (χ0n) is 33.1. The van der Waals surface area contributed by atoms with Gasteiger partial charge in [-0.25, -0.2) is 4.79 Å². The number of imide groups is 1. The number of carbonyl (C=O) groups is 5. The highest BCUT2D eigenvalue weighted by Gasteiger charge is 2.43. The molecule has 5 atom stereocenters. The second-order valence-corrected chi connectivity index (χ2v) is 15.9. The number of ketones is 1. The van der Waals surface area contributed by atoms with Gasteiger partial charge in [-0.2, -0.15) is 0 Å². The fraction of sp³-hybridized carbons (Fsp3) is 0.455. The maximum Gasteiger partial charge on any atom is 0.329 e. The molecular formula is C44H52N6O8. The van der Waals surface area contributed by atoms with Crippen LogP contribution in [-0.2, 0) is 73.0 Å². The molecule has 4 heterocycles. The van der Waals surface area contributed by atoms with E-state index in [4.69, 9.17) is 20.9 Å². The number of amides is 4. The molecule has 7 rings (SSSR count). The van der Waals surface area contributed by atoms with Crippen molar-refractivity contribution in [2.75, 3.05) is 11.5 Å². The first kappa shape index (κ1) is 40.7. The lowest BCUT2D eigenvalue weighted by molar-refractivity contribution is -0.135. The Kier molecular flexibility index (Phi) is 12.4. The van der Waals surface area contributed by atoms with Crippen LogP contribution in [0.25, 0.3) is 11.0 Å². The maximum absolute atomic E-state index is 14.0. The molecule has 14 nitrogen and oxygen atoms in total. The molecule has 0 bridgehead atoms. The van der Waals surface area contributed by atoms with Crippen molar-refractivity contribution in [1.29, 1.82) is 0 Å². The summed E-state index contributed by atoms with van der Waals surface area (Å²) in [6.07, 6.45) is 3.99. The van der Waals surface area contributed by atoms with Gasteiger partial charge in [0.05, 0.1) is 48.1 Å². The predicted octanol–water partition coefficient (Wildman–Crippen LogP) is 3.44. The molecule has 3 aliphatic rings. The molecule has 4 amide bonds. The average Bonchev–Trinajstić information content (AvgIpc) is 3.68. The molecule has 14 heteroatoms. The number of hydrogen-bond donors (Lipinski definition) is 3. The molecule has 0 radical (unpaired) electrons. The maximum atomic E-state index is 14.0. The van der Waals surface area contributed by atoms with Crippen LogP contribution in [0.15, 0.2) is 65.5 Å². The number of aryl methyl sites for hydroxylation is 3. The SMILES string of the molecule is C[C@@H](OCc1ccc(CCCOCc2cccc3c2n(C)c(=O)n3C2CCC(=O)NC2=O)cc1)[C@H](CCC(N)=O)CC(=O)[C@@H]1Cc2cccc3c2N1C(=O)[C@@H](N)CC3. The molecule has 0 aliphatic carbocycles. The highest BCUT2D eigenvalue weighted by Crippen LogP contribution is 2.40. The van der Waals surface area contributed by atoms with Gasteiger partial charge in [-0.15, -0.1) is 0 Å². The van der Waals surface area contributed by atoms with Crippen molar-refractivity contribution >= 4 is 46.1 Å². The molecule has 0 spiro atoms. The second kappa shape index (κ2) is 17.6. The first-order chi connectivity index (χ1) is 27.9. The number of nitrogens with two attached hydrogens (primary N) is 2. The summed E-state index contributed by atoms with van der Waals surface area (Å²) in [5, 5.41) is 2.34. The van der Waals surface area contributed by atoms with E-state index in [1.165, 1.54) is 9.13 Å². The number of imidazole rings is 1. The zero-order chi connectivity index (χ0) is 41.1. The summed E-state index contributed by atoms with van der Waals surface area (Å²) in [4.78, 5) is 78.3. The molecule has 1 saturated heterocycles. The van der Waals surface area contributed by atoms with E-state index in [1.54, 1.807) is 11.9 Å². The number of anilines is 1. The number of benzene rings is 3. The molecule has 3 aromatic carbocycles. The number of rotatable bonds is 17. The minimum Gasteiger partial charge on any atom is -0.377 e. The first-order valence-electron chi connectivity index (χ1n) is 20.2. The number of primary amides is 1. The number of nitrogens with one attached hydrogen (secondary N) is 1. The number of fused-ring (bicyclic) bond motifs is 1. The molecule has 5 N–H and O–H groups in total. The standard InChI is InChI=1S/C44H52N6O8/c1-26(30(16-19-38(46)52)23-37(51)36-22-31-8-3-7-29-15-17-33(45)43(55)50(36)40(29)31)58-24-28-13-11-27(12-14-28)6-5-21-57-25-32-9-4-10-34-41(32)48(2)44(56)49(34)35-18-20-39(53)47-42(35)54/h3-4,7-14,26,30,33,35-36H,5-6,15-25,45H2,1-2H3,(H2,46,52)(H,47,53,54)/t26-,30-,33+,35?,36+/m1/s1. The average molecular weight is 793 g/mol. The Morgan fingerprint density at radius 2 is 1.67 bits per heavy atom. The van der Waals surface area contributed by atoms with Gasteiger partial charge < -0.3 is 20.9 Å². The van der Waals surface area contributed by atoms with Crippen molar-refractivity contribution < 1.29 is 33.4 Å². The molecule has 1 fully saturated rings. The molecule has 58 heavy (non-hydrogen) atoms. The van der Waals surface area contributed by atoms with Crippen LogP contribution in [0.4, 0.5) is 5.69 Å². The van der Waals surface area contributed by atoms with Crippen LogP contribution in [0, 0.1) is 5.92 Å². The first-order valence-corrected chi connectivity index (χ1v) is 20.2. The van der Waals surface area contributed by atoms with E-state index in [0.29, 0.717) is 56.5 Å². The number of ether oxygens (including phenoxy) is 2. The Labute approximate surface area is 336 Å². The molecular weight excluding hydrogens is 741 g/mol. The molecule has 0 saturated carbocycles. The van der Waals surface area contributed by atoms with Gasteiger partial charge in [0.2, 0.25) is 23.6 Å². The number of piperidine rings is 1. The van der Waals surface area contributed by atoms with Gasteiger partial charge in [0.25, 0.3) is 0 Å². The van der Waals surface area contributed by atoms with Gasteiger partial charge in [-0.1, -0.05) is 54.6 Å². The van der Waals surface area contributed by atoms with Gasteiger partial charge in [-0.3, -0.25) is 43.3 Å². The summed E-state index contributed by atoms with van der Waals surface area (Å²) < 4.78 is 15.3. The summed E-state index contributed by atoms with van der Waals surface area (Å²) in [7, 11) is 1.68. The molecule has 3 aliphatic heterocycles. The summed E-state index contributed by atoms with van der Waals surface area (Å²) >= 11 is 0. The zero-order valence-corrected chi connectivity index (χ0v) is 33.1. The Bertz CT molecular complexity index is 2280. The largest absolute Gasteiger partial charge is 0.377 e. The third kappa shape index (κ3) is 8.54. The van der Waals surface area contributed by atoms with Crippen LogP contribution < -0.4 is 27.4 Å². The minimum atomic E-state index is -0.744. The highest BCUT2D eigenvalue weighted by molar-refractivity contribution is 6.07. The molecule has 4 aromatic rings. The van der Waals surface area contributed by atoms with Gasteiger partial charge >= 0.3 is 5.69 Å². The van der Waals surface area contributed by atoms with Gasteiger partial charge in [0, 0.05) is 44.9 Å². The third-order valence-electron chi connectivity index (χ3n) is 12.0. The smallest absolute Gasteiger partial charge is 0.329 e. The quantitative estimate of drug-likeness (QED) is 0.106. The topological polar surface area (TPSA) is 198 Å². The van der Waals surface area contributed by atoms with E-state index in [2.05, 4.69) is 17.4 Å². The number of hydrogen-bond acceptors (Lipinski definition) is 9. The Morgan fingerprint density at radius 1 is 0.931 bits per heavy atom. The Hall–Kier alpha value is -5.44. The minimum absolute atomic E-state index is 0.0746. The fourth-order valence-corrected chi connectivity index (χ4v) is 8.73. The third-order valence-corrected chi connectivity index (χ3v) is 12.0. The van der Waals surface area contributed by atoms with Crippen molar-refractivity contribution in [2.45, 2.75) is 109 Å². The predicted molar refractivity (Wildman–Crippen MR) is 217 cm³/mol. The van der Waals surface area contributed by atoms with Crippen LogP contribution in [0.5, 0.6) is 0 Å². The molecule has 1 unspecified atom stereocenters. The number of carbonyl (C=O) groups excluding carboxylic acids is 5. The van der Waals surface area contributed by atoms with E-state index in [0.717, 1.165) is 46.3 Å². The Balaban J connectivity index is 0.903. The highest BCUT2D eigenvalue weighted by atomic mass is 16.5. The van der Waals surface area contributed by atoms with Crippen LogP contribution in [0.2, 0.25) is 0 Å². The molecule has 306 valence electrons. The Morgan fingerprint density at radius 3 is 2.43 bits per heavy atom.